The van der Waals surface area contributed by atoms with Crippen LogP contribution in [0, 0.1) is 5.92 Å². The summed E-state index contributed by atoms with van der Waals surface area (Å²) >= 11 is 0. The molecule has 212 valence electrons. The van der Waals surface area contributed by atoms with Gasteiger partial charge in [-0.1, -0.05) is 30.3 Å². The molecule has 1 atom stereocenters. The van der Waals surface area contributed by atoms with E-state index >= 15 is 0 Å². The number of benzene rings is 2. The Labute approximate surface area is 240 Å². The summed E-state index contributed by atoms with van der Waals surface area (Å²) < 4.78 is 11.0. The molecule has 2 aliphatic heterocycles. The van der Waals surface area contributed by atoms with E-state index in [9.17, 15) is 9.59 Å². The Morgan fingerprint density at radius 2 is 1.86 bits per heavy atom. The van der Waals surface area contributed by atoms with Crippen molar-refractivity contribution in [1.29, 1.82) is 0 Å². The number of hydrogen-bond donors (Lipinski definition) is 0. The van der Waals surface area contributed by atoms with Crippen LogP contribution in [0.2, 0.25) is 0 Å². The number of aromatic nitrogens is 6. The third-order valence-corrected chi connectivity index (χ3v) is 7.93. The maximum absolute atomic E-state index is 13.5. The van der Waals surface area contributed by atoms with Crippen LogP contribution in [0.25, 0.3) is 22.6 Å². The molecule has 0 spiro atoms. The average molecular weight is 565 g/mol. The van der Waals surface area contributed by atoms with Crippen molar-refractivity contribution in [2.45, 2.75) is 18.8 Å². The molecule has 12 nitrogen and oxygen atoms in total. The Hall–Kier alpha value is -5.13. The monoisotopic (exact) mass is 564 g/mol. The van der Waals surface area contributed by atoms with Gasteiger partial charge in [0.05, 0.1) is 19.5 Å². The number of oxazole rings is 1. The second-order valence-electron chi connectivity index (χ2n) is 10.5. The van der Waals surface area contributed by atoms with Gasteiger partial charge in [0, 0.05) is 30.5 Å². The Balaban J connectivity index is 1.07. The van der Waals surface area contributed by atoms with Gasteiger partial charge >= 0.3 is 6.09 Å². The molecule has 2 aromatic carbocycles. The van der Waals surface area contributed by atoms with E-state index in [1.807, 2.05) is 23.1 Å². The maximum atomic E-state index is 13.5. The van der Waals surface area contributed by atoms with E-state index in [4.69, 9.17) is 9.15 Å². The number of piperidine rings is 1. The summed E-state index contributed by atoms with van der Waals surface area (Å²) in [5.41, 5.74) is 4.03. The number of hydrogen-bond acceptors (Lipinski definition) is 9. The van der Waals surface area contributed by atoms with Crippen molar-refractivity contribution < 1.29 is 18.7 Å². The van der Waals surface area contributed by atoms with E-state index in [0.717, 1.165) is 18.4 Å². The summed E-state index contributed by atoms with van der Waals surface area (Å²) in [7, 11) is 1.77. The van der Waals surface area contributed by atoms with Crippen molar-refractivity contribution in [2.75, 3.05) is 31.1 Å². The zero-order valence-electron chi connectivity index (χ0n) is 23.0. The first-order valence-corrected chi connectivity index (χ1v) is 13.9. The Bertz CT molecular complexity index is 1760. The summed E-state index contributed by atoms with van der Waals surface area (Å²) in [6, 6.07) is 19.1. The predicted molar refractivity (Wildman–Crippen MR) is 152 cm³/mol. The number of cyclic esters (lactones) is 1. The van der Waals surface area contributed by atoms with E-state index in [2.05, 4.69) is 37.5 Å². The highest BCUT2D eigenvalue weighted by atomic mass is 16.6. The molecular formula is C30H28N8O4. The number of tetrazole rings is 1. The van der Waals surface area contributed by atoms with Gasteiger partial charge in [0.15, 0.2) is 11.4 Å². The van der Waals surface area contributed by atoms with E-state index in [0.29, 0.717) is 66.0 Å². The molecule has 3 aromatic heterocycles. The molecule has 2 amide bonds. The van der Waals surface area contributed by atoms with E-state index in [-0.39, 0.29) is 23.8 Å². The first-order valence-electron chi connectivity index (χ1n) is 13.9. The van der Waals surface area contributed by atoms with E-state index < -0.39 is 0 Å². The summed E-state index contributed by atoms with van der Waals surface area (Å²) in [5, 5.41) is 12.9. The summed E-state index contributed by atoms with van der Waals surface area (Å²) in [5.74, 6) is 1.23. The van der Waals surface area contributed by atoms with Gasteiger partial charge in [-0.3, -0.25) is 14.7 Å². The molecule has 2 fully saturated rings. The van der Waals surface area contributed by atoms with Crippen LogP contribution in [0.5, 0.6) is 0 Å². The largest absolute Gasteiger partial charge is 0.447 e. The fourth-order valence-electron chi connectivity index (χ4n) is 5.83. The first-order chi connectivity index (χ1) is 20.5. The topological polar surface area (TPSA) is 132 Å². The van der Waals surface area contributed by atoms with Gasteiger partial charge in [0.1, 0.15) is 17.8 Å². The zero-order valence-corrected chi connectivity index (χ0v) is 23.0. The number of pyridine rings is 1. The van der Waals surface area contributed by atoms with E-state index in [1.165, 1.54) is 4.80 Å². The molecule has 0 aliphatic carbocycles. The van der Waals surface area contributed by atoms with Gasteiger partial charge in [0.2, 0.25) is 5.89 Å². The Kier molecular flexibility index (Phi) is 6.57. The van der Waals surface area contributed by atoms with Crippen molar-refractivity contribution in [2.24, 2.45) is 13.0 Å². The standard InChI is InChI=1S/C30H28N8O4/c1-36-34-27(33-35-36)26(19-5-3-2-4-6-19)20-10-13-37(14-11-20)29(39)24-17-21(9-12-31-24)28-32-23-18-22(7-8-25(23)42-28)38-15-16-41-30(38)40/h2-9,12,17-18,20,26H,10-11,13-16H2,1H3. The predicted octanol–water partition coefficient (Wildman–Crippen LogP) is 4.05. The normalized spacial score (nSPS) is 16.6. The molecule has 12 heteroatoms. The van der Waals surface area contributed by atoms with Crippen LogP contribution in [0.15, 0.2) is 71.3 Å². The number of fused-ring (bicyclic) bond motifs is 1. The highest BCUT2D eigenvalue weighted by Crippen LogP contribution is 2.36. The lowest BCUT2D eigenvalue weighted by atomic mass is 9.79. The fourth-order valence-corrected chi connectivity index (χ4v) is 5.83. The van der Waals surface area contributed by atoms with Crippen LogP contribution >= 0.6 is 0 Å². The van der Waals surface area contributed by atoms with Gasteiger partial charge in [-0.25, -0.2) is 9.78 Å². The number of anilines is 1. The van der Waals surface area contributed by atoms with Crippen molar-refractivity contribution >= 4 is 28.8 Å². The smallest absolute Gasteiger partial charge is 0.414 e. The quantitative estimate of drug-likeness (QED) is 0.299. The van der Waals surface area contributed by atoms with Crippen LogP contribution < -0.4 is 4.90 Å². The number of likely N-dealkylation sites (tertiary alicyclic amines) is 1. The summed E-state index contributed by atoms with van der Waals surface area (Å²) in [6.45, 7) is 2.05. The number of nitrogens with zero attached hydrogens (tertiary/aromatic N) is 8. The lowest BCUT2D eigenvalue weighted by Crippen LogP contribution is -2.40. The van der Waals surface area contributed by atoms with Crippen molar-refractivity contribution in [1.82, 2.24) is 35.1 Å². The minimum absolute atomic E-state index is 0.00870. The van der Waals surface area contributed by atoms with Gasteiger partial charge in [-0.15, -0.1) is 10.2 Å². The molecule has 0 bridgehead atoms. The lowest BCUT2D eigenvalue weighted by Gasteiger charge is -2.35. The van der Waals surface area contributed by atoms with Gasteiger partial charge < -0.3 is 14.1 Å². The second kappa shape index (κ2) is 10.7. The fraction of sp³-hybridized carbons (Fsp3) is 0.300. The van der Waals surface area contributed by atoms with Crippen LogP contribution in [0.4, 0.5) is 10.5 Å². The van der Waals surface area contributed by atoms with Crippen LogP contribution in [-0.4, -0.2) is 73.3 Å². The van der Waals surface area contributed by atoms with Crippen molar-refractivity contribution in [3.05, 3.63) is 83.9 Å². The third kappa shape index (κ3) is 4.84. The zero-order chi connectivity index (χ0) is 28.6. The molecule has 0 N–H and O–H groups in total. The number of amides is 2. The highest BCUT2D eigenvalue weighted by molar-refractivity contribution is 5.94. The molecule has 0 saturated carbocycles. The van der Waals surface area contributed by atoms with Crippen molar-refractivity contribution in [3.8, 4) is 11.5 Å². The highest BCUT2D eigenvalue weighted by Gasteiger charge is 2.33. The minimum Gasteiger partial charge on any atom is -0.447 e. The van der Waals surface area contributed by atoms with E-state index in [1.54, 1.807) is 48.5 Å². The third-order valence-electron chi connectivity index (χ3n) is 7.93. The molecule has 5 heterocycles. The SMILES string of the molecule is Cn1nnc(C(c2ccccc2)C2CCN(C(=O)c3cc(-c4nc5cc(N6CCOC6=O)ccc5o4)ccn3)CC2)n1. The van der Waals surface area contributed by atoms with Gasteiger partial charge in [0.25, 0.3) is 5.91 Å². The van der Waals surface area contributed by atoms with Crippen LogP contribution in [0.1, 0.15) is 40.6 Å². The maximum Gasteiger partial charge on any atom is 0.414 e. The Morgan fingerprint density at radius 3 is 2.60 bits per heavy atom. The molecular weight excluding hydrogens is 536 g/mol. The molecule has 0 radical (unpaired) electrons. The van der Waals surface area contributed by atoms with Crippen LogP contribution in [0.3, 0.4) is 0 Å². The molecule has 1 unspecified atom stereocenters. The van der Waals surface area contributed by atoms with Crippen molar-refractivity contribution in [3.63, 3.8) is 0 Å². The number of aryl methyl sites for hydroxylation is 1. The number of ether oxygens (including phenoxy) is 1. The minimum atomic E-state index is -0.375. The first kappa shape index (κ1) is 25.8. The number of rotatable bonds is 6. The van der Waals surface area contributed by atoms with Crippen LogP contribution in [-0.2, 0) is 11.8 Å². The Morgan fingerprint density at radius 1 is 1.02 bits per heavy atom. The molecule has 2 aliphatic rings. The number of carbonyl (C=O) groups is 2. The van der Waals surface area contributed by atoms with Gasteiger partial charge in [-0.2, -0.15) is 4.80 Å². The molecule has 7 rings (SSSR count). The molecule has 5 aromatic rings. The summed E-state index contributed by atoms with van der Waals surface area (Å²) in [4.78, 5) is 39.4. The summed E-state index contributed by atoms with van der Waals surface area (Å²) in [6.07, 6.45) is 2.84. The molecule has 42 heavy (non-hydrogen) atoms. The van der Waals surface area contributed by atoms with Gasteiger partial charge in [-0.05, 0) is 59.9 Å². The number of carbonyl (C=O) groups excluding carboxylic acids is 2. The lowest BCUT2D eigenvalue weighted by molar-refractivity contribution is 0.0676. The second-order valence-corrected chi connectivity index (χ2v) is 10.5. The average Bonchev–Trinajstić information content (AvgIpc) is 3.77. The molecule has 2 saturated heterocycles.